The van der Waals surface area contributed by atoms with Crippen molar-refractivity contribution >= 4 is 32.2 Å². The lowest BCUT2D eigenvalue weighted by Gasteiger charge is -2.12. The van der Waals surface area contributed by atoms with Gasteiger partial charge in [0.15, 0.2) is 5.82 Å². The van der Waals surface area contributed by atoms with E-state index in [-0.39, 0.29) is 49.1 Å². The molecule has 0 saturated heterocycles. The summed E-state index contributed by atoms with van der Waals surface area (Å²) in [5.74, 6) is -1.09. The first-order valence-corrected chi connectivity index (χ1v) is 14.7. The Bertz CT molecular complexity index is 1780. The predicted molar refractivity (Wildman–Crippen MR) is 150 cm³/mol. The number of aliphatic hydroxyl groups is 1. The first kappa shape index (κ1) is 28.1. The van der Waals surface area contributed by atoms with Crippen LogP contribution in [0.5, 0.6) is 5.75 Å². The van der Waals surface area contributed by atoms with E-state index in [0.717, 1.165) is 12.1 Å². The number of fused-ring (bicyclic) bond motifs is 1. The maximum Gasteiger partial charge on any atom is 0.182 e. The standard InChI is InChI=1S/C28H26F2N6O4S/c1-41(38,39)13-8-18-16-32-28(34-27(18)33-19-6-9-31-10-7-19)26-21-4-2-3-5-25(21)36(35-26)17-22-23(29)14-20(15-24(22)30)40-12-11-37/h2-7,9-10,14-16,37H,8,11-13,17H2,1H3,(H,31,32,33,34). The van der Waals surface area contributed by atoms with Crippen molar-refractivity contribution in [2.75, 3.05) is 30.5 Å². The second-order valence-electron chi connectivity index (χ2n) is 9.27. The average Bonchev–Trinajstić information content (AvgIpc) is 3.31. The number of para-hydroxylation sites is 1. The Morgan fingerprint density at radius 3 is 2.51 bits per heavy atom. The number of hydrogen-bond acceptors (Lipinski definition) is 9. The minimum atomic E-state index is -3.23. The molecule has 212 valence electrons. The second kappa shape index (κ2) is 11.9. The maximum atomic E-state index is 14.9. The molecule has 5 rings (SSSR count). The lowest BCUT2D eigenvalue weighted by molar-refractivity contribution is 0.200. The third-order valence-electron chi connectivity index (χ3n) is 6.20. The molecule has 0 bridgehead atoms. The third-order valence-corrected chi connectivity index (χ3v) is 7.15. The SMILES string of the molecule is CS(=O)(=O)CCc1cnc(-c2nn(Cc3c(F)cc(OCCO)cc3F)c3ccccc23)nc1Nc1ccncc1. The predicted octanol–water partition coefficient (Wildman–Crippen LogP) is 3.92. The number of hydrogen-bond donors (Lipinski definition) is 2. The number of nitrogens with one attached hydrogen (secondary N) is 1. The summed E-state index contributed by atoms with van der Waals surface area (Å²) in [5, 5.41) is 17.4. The molecule has 5 aromatic rings. The van der Waals surface area contributed by atoms with Gasteiger partial charge in [-0.25, -0.2) is 27.2 Å². The number of ether oxygens (including phenoxy) is 1. The van der Waals surface area contributed by atoms with Crippen molar-refractivity contribution in [3.8, 4) is 17.3 Å². The Labute approximate surface area is 234 Å². The minimum absolute atomic E-state index is 0.0256. The third kappa shape index (κ3) is 6.64. The van der Waals surface area contributed by atoms with Gasteiger partial charge in [0, 0.05) is 59.2 Å². The summed E-state index contributed by atoms with van der Waals surface area (Å²) in [6, 6.07) is 12.8. The van der Waals surface area contributed by atoms with Crippen LogP contribution >= 0.6 is 0 Å². The molecule has 2 N–H and O–H groups in total. The van der Waals surface area contributed by atoms with Crippen molar-refractivity contribution in [2.45, 2.75) is 13.0 Å². The van der Waals surface area contributed by atoms with Crippen LogP contribution in [-0.2, 0) is 22.8 Å². The van der Waals surface area contributed by atoms with Crippen molar-refractivity contribution in [1.82, 2.24) is 24.7 Å². The molecule has 0 aliphatic carbocycles. The molecular weight excluding hydrogens is 554 g/mol. The molecule has 0 radical (unpaired) electrons. The molecule has 3 aromatic heterocycles. The van der Waals surface area contributed by atoms with E-state index in [9.17, 15) is 17.2 Å². The highest BCUT2D eigenvalue weighted by atomic mass is 32.2. The van der Waals surface area contributed by atoms with Gasteiger partial charge in [-0.1, -0.05) is 18.2 Å². The van der Waals surface area contributed by atoms with Crippen LogP contribution < -0.4 is 10.1 Å². The Morgan fingerprint density at radius 1 is 1.07 bits per heavy atom. The number of aromatic nitrogens is 5. The smallest absolute Gasteiger partial charge is 0.182 e. The average molecular weight is 581 g/mol. The van der Waals surface area contributed by atoms with Crippen molar-refractivity contribution in [1.29, 1.82) is 0 Å². The van der Waals surface area contributed by atoms with Crippen LogP contribution in [0.3, 0.4) is 0 Å². The van der Waals surface area contributed by atoms with E-state index in [0.29, 0.717) is 33.7 Å². The van der Waals surface area contributed by atoms with Crippen LogP contribution in [0.2, 0.25) is 0 Å². The van der Waals surface area contributed by atoms with Crippen LogP contribution in [0.1, 0.15) is 11.1 Å². The summed E-state index contributed by atoms with van der Waals surface area (Å²) >= 11 is 0. The molecule has 0 aliphatic rings. The summed E-state index contributed by atoms with van der Waals surface area (Å²) in [5.41, 5.74) is 2.07. The van der Waals surface area contributed by atoms with Crippen molar-refractivity contribution < 1.29 is 27.0 Å². The second-order valence-corrected chi connectivity index (χ2v) is 11.5. The van der Waals surface area contributed by atoms with E-state index >= 15 is 0 Å². The van der Waals surface area contributed by atoms with Crippen LogP contribution in [0.15, 0.2) is 67.1 Å². The molecule has 0 saturated carbocycles. The molecule has 0 amide bonds. The molecule has 0 atom stereocenters. The van der Waals surface area contributed by atoms with E-state index in [1.165, 1.54) is 10.9 Å². The summed E-state index contributed by atoms with van der Waals surface area (Å²) < 4.78 is 60.1. The number of sulfone groups is 1. The number of nitrogens with zero attached hydrogens (tertiary/aromatic N) is 5. The van der Waals surface area contributed by atoms with Crippen LogP contribution in [0, 0.1) is 11.6 Å². The Balaban J connectivity index is 1.54. The maximum absolute atomic E-state index is 14.9. The number of aryl methyl sites for hydroxylation is 1. The van der Waals surface area contributed by atoms with Gasteiger partial charge in [0.2, 0.25) is 0 Å². The zero-order valence-electron chi connectivity index (χ0n) is 22.0. The summed E-state index contributed by atoms with van der Waals surface area (Å²) in [6.45, 7) is -0.586. The summed E-state index contributed by atoms with van der Waals surface area (Å²) in [4.78, 5) is 13.2. The van der Waals surface area contributed by atoms with Crippen LogP contribution in [0.25, 0.3) is 22.4 Å². The monoisotopic (exact) mass is 580 g/mol. The highest BCUT2D eigenvalue weighted by molar-refractivity contribution is 7.90. The molecular formula is C28H26F2N6O4S. The number of benzene rings is 2. The highest BCUT2D eigenvalue weighted by Crippen LogP contribution is 2.30. The molecule has 0 fully saturated rings. The van der Waals surface area contributed by atoms with Crippen molar-refractivity contribution in [3.05, 3.63) is 89.9 Å². The van der Waals surface area contributed by atoms with Gasteiger partial charge in [0.25, 0.3) is 0 Å². The van der Waals surface area contributed by atoms with Gasteiger partial charge in [-0.15, -0.1) is 0 Å². The number of aliphatic hydroxyl groups excluding tert-OH is 1. The van der Waals surface area contributed by atoms with Gasteiger partial charge >= 0.3 is 0 Å². The van der Waals surface area contributed by atoms with Gasteiger partial charge in [-0.2, -0.15) is 5.10 Å². The van der Waals surface area contributed by atoms with Gasteiger partial charge in [0.05, 0.1) is 24.4 Å². The van der Waals surface area contributed by atoms with E-state index < -0.39 is 21.5 Å². The van der Waals surface area contributed by atoms with E-state index in [1.807, 2.05) is 12.1 Å². The lowest BCUT2D eigenvalue weighted by Crippen LogP contribution is -2.10. The Kier molecular flexibility index (Phi) is 8.17. The molecule has 2 aromatic carbocycles. The molecule has 13 heteroatoms. The fraction of sp³-hybridized carbons (Fsp3) is 0.214. The van der Waals surface area contributed by atoms with Crippen LogP contribution in [-0.4, -0.2) is 63.5 Å². The fourth-order valence-electron chi connectivity index (χ4n) is 4.22. The Hall–Kier alpha value is -4.49. The number of rotatable bonds is 11. The van der Waals surface area contributed by atoms with E-state index in [2.05, 4.69) is 25.4 Å². The quantitative estimate of drug-likeness (QED) is 0.239. The van der Waals surface area contributed by atoms with Gasteiger partial charge < -0.3 is 15.2 Å². The molecule has 0 aliphatic heterocycles. The molecule has 0 unspecified atom stereocenters. The highest BCUT2D eigenvalue weighted by Gasteiger charge is 2.20. The van der Waals surface area contributed by atoms with E-state index in [1.54, 1.807) is 42.9 Å². The lowest BCUT2D eigenvalue weighted by atomic mass is 10.1. The number of anilines is 2. The summed E-state index contributed by atoms with van der Waals surface area (Å²) in [6.07, 6.45) is 6.13. The zero-order valence-corrected chi connectivity index (χ0v) is 22.8. The number of halogens is 2. The van der Waals surface area contributed by atoms with Gasteiger partial charge in [0.1, 0.15) is 45.3 Å². The van der Waals surface area contributed by atoms with Crippen LogP contribution in [0.4, 0.5) is 20.3 Å². The topological polar surface area (TPSA) is 132 Å². The molecule has 10 nitrogen and oxygen atoms in total. The minimum Gasteiger partial charge on any atom is -0.491 e. The summed E-state index contributed by atoms with van der Waals surface area (Å²) in [7, 11) is -3.23. The Morgan fingerprint density at radius 2 is 1.80 bits per heavy atom. The molecule has 0 spiro atoms. The molecule has 41 heavy (non-hydrogen) atoms. The van der Waals surface area contributed by atoms with E-state index in [4.69, 9.17) is 9.84 Å². The van der Waals surface area contributed by atoms with Gasteiger partial charge in [-0.3, -0.25) is 9.67 Å². The van der Waals surface area contributed by atoms with Crippen molar-refractivity contribution in [3.63, 3.8) is 0 Å². The zero-order chi connectivity index (χ0) is 29.0. The van der Waals surface area contributed by atoms with Gasteiger partial charge in [-0.05, 0) is 24.6 Å². The van der Waals surface area contributed by atoms with Crippen molar-refractivity contribution in [2.24, 2.45) is 0 Å². The number of pyridine rings is 1. The fourth-order valence-corrected chi connectivity index (χ4v) is 4.81. The molecule has 3 heterocycles. The largest absolute Gasteiger partial charge is 0.491 e. The first-order valence-electron chi connectivity index (χ1n) is 12.6. The first-order chi connectivity index (χ1) is 19.7. The normalized spacial score (nSPS) is 11.6.